The summed E-state index contributed by atoms with van der Waals surface area (Å²) in [6.45, 7) is 6.12. The van der Waals surface area contributed by atoms with Gasteiger partial charge in [-0.2, -0.15) is 0 Å². The lowest BCUT2D eigenvalue weighted by Gasteiger charge is -2.40. The quantitative estimate of drug-likeness (QED) is 0.857. The molecule has 116 valence electrons. The van der Waals surface area contributed by atoms with Gasteiger partial charge in [0.1, 0.15) is 5.75 Å². The molecular weight excluding hydrogens is 266 g/mol. The van der Waals surface area contributed by atoms with Crippen molar-refractivity contribution >= 4 is 11.4 Å². The zero-order chi connectivity index (χ0) is 14.7. The molecule has 21 heavy (non-hydrogen) atoms. The number of hydrogen-bond acceptors (Lipinski definition) is 5. The van der Waals surface area contributed by atoms with Gasteiger partial charge >= 0.3 is 0 Å². The molecule has 0 aromatic heterocycles. The lowest BCUT2D eigenvalue weighted by Crippen LogP contribution is -2.49. The molecule has 3 rings (SSSR count). The van der Waals surface area contributed by atoms with Crippen LogP contribution in [0.25, 0.3) is 0 Å². The van der Waals surface area contributed by atoms with Crippen LogP contribution in [0.15, 0.2) is 18.2 Å². The Labute approximate surface area is 126 Å². The standard InChI is InChI=1S/C16H25N3O2/c1-20-16-12-14(2-3-15(16)17)18-6-4-13(5-7-18)19-8-10-21-11-9-19/h2-3,12-13H,4-11,17H2,1H3. The van der Waals surface area contributed by atoms with Crippen LogP contribution in [0, 0.1) is 0 Å². The molecule has 0 amide bonds. The van der Waals surface area contributed by atoms with Crippen LogP contribution in [0.1, 0.15) is 12.8 Å². The number of rotatable bonds is 3. The molecule has 0 spiro atoms. The number of hydrogen-bond donors (Lipinski definition) is 1. The maximum absolute atomic E-state index is 5.89. The van der Waals surface area contributed by atoms with Crippen molar-refractivity contribution in [3.8, 4) is 5.75 Å². The molecule has 1 aromatic rings. The summed E-state index contributed by atoms with van der Waals surface area (Å²) in [5, 5.41) is 0. The fraction of sp³-hybridized carbons (Fsp3) is 0.625. The molecule has 0 saturated carbocycles. The molecule has 5 heteroatoms. The van der Waals surface area contributed by atoms with Crippen LogP contribution in [0.3, 0.4) is 0 Å². The van der Waals surface area contributed by atoms with Gasteiger partial charge in [-0.25, -0.2) is 0 Å². The van der Waals surface area contributed by atoms with Crippen LogP contribution in [-0.2, 0) is 4.74 Å². The van der Waals surface area contributed by atoms with E-state index in [-0.39, 0.29) is 0 Å². The fourth-order valence-corrected chi connectivity index (χ4v) is 3.33. The lowest BCUT2D eigenvalue weighted by molar-refractivity contribution is 0.0115. The Hall–Kier alpha value is -1.46. The second kappa shape index (κ2) is 6.54. The first-order chi connectivity index (χ1) is 10.3. The van der Waals surface area contributed by atoms with Gasteiger partial charge in [0.2, 0.25) is 0 Å². The van der Waals surface area contributed by atoms with E-state index in [1.54, 1.807) is 7.11 Å². The van der Waals surface area contributed by atoms with Crippen molar-refractivity contribution in [2.45, 2.75) is 18.9 Å². The predicted molar refractivity (Wildman–Crippen MR) is 85.0 cm³/mol. The van der Waals surface area contributed by atoms with E-state index in [0.717, 1.165) is 45.1 Å². The van der Waals surface area contributed by atoms with E-state index < -0.39 is 0 Å². The Balaban J connectivity index is 1.60. The molecule has 2 aliphatic rings. The van der Waals surface area contributed by atoms with Crippen LogP contribution < -0.4 is 15.4 Å². The first kappa shape index (κ1) is 14.5. The van der Waals surface area contributed by atoms with Crippen molar-refractivity contribution < 1.29 is 9.47 Å². The highest BCUT2D eigenvalue weighted by Crippen LogP contribution is 2.29. The van der Waals surface area contributed by atoms with Crippen LogP contribution in [0.5, 0.6) is 5.75 Å². The molecule has 2 aliphatic heterocycles. The SMILES string of the molecule is COc1cc(N2CCC(N3CCOCC3)CC2)ccc1N. The Morgan fingerprint density at radius 3 is 2.52 bits per heavy atom. The summed E-state index contributed by atoms with van der Waals surface area (Å²) in [6.07, 6.45) is 2.43. The maximum Gasteiger partial charge on any atom is 0.143 e. The summed E-state index contributed by atoms with van der Waals surface area (Å²) in [6, 6.07) is 6.78. The third-order valence-corrected chi connectivity index (χ3v) is 4.61. The summed E-state index contributed by atoms with van der Waals surface area (Å²) in [5.41, 5.74) is 7.80. The monoisotopic (exact) mass is 291 g/mol. The molecular formula is C16H25N3O2. The van der Waals surface area contributed by atoms with Gasteiger partial charge in [0.15, 0.2) is 0 Å². The van der Waals surface area contributed by atoms with Gasteiger partial charge in [-0.1, -0.05) is 0 Å². The smallest absolute Gasteiger partial charge is 0.143 e. The third-order valence-electron chi connectivity index (χ3n) is 4.61. The predicted octanol–water partition coefficient (Wildman–Crippen LogP) is 1.58. The second-order valence-electron chi connectivity index (χ2n) is 5.79. The van der Waals surface area contributed by atoms with Gasteiger partial charge in [-0.05, 0) is 25.0 Å². The molecule has 2 N–H and O–H groups in total. The van der Waals surface area contributed by atoms with E-state index >= 15 is 0 Å². The number of ether oxygens (including phenoxy) is 2. The van der Waals surface area contributed by atoms with Crippen molar-refractivity contribution in [3.63, 3.8) is 0 Å². The molecule has 1 aromatic carbocycles. The first-order valence-corrected chi connectivity index (χ1v) is 7.78. The Bertz CT molecular complexity index is 467. The number of methoxy groups -OCH3 is 1. The number of nitrogens with two attached hydrogens (primary N) is 1. The molecule has 5 nitrogen and oxygen atoms in total. The lowest BCUT2D eigenvalue weighted by atomic mass is 10.0. The maximum atomic E-state index is 5.89. The fourth-order valence-electron chi connectivity index (χ4n) is 3.33. The molecule has 0 unspecified atom stereocenters. The third kappa shape index (κ3) is 3.24. The minimum atomic E-state index is 0.699. The normalized spacial score (nSPS) is 21.5. The summed E-state index contributed by atoms with van der Waals surface area (Å²) in [7, 11) is 1.67. The highest BCUT2D eigenvalue weighted by molar-refractivity contribution is 5.62. The van der Waals surface area contributed by atoms with Crippen LogP contribution >= 0.6 is 0 Å². The van der Waals surface area contributed by atoms with Gasteiger partial charge in [0.05, 0.1) is 26.0 Å². The number of piperidine rings is 1. The van der Waals surface area contributed by atoms with Crippen molar-refractivity contribution in [1.29, 1.82) is 0 Å². The van der Waals surface area contributed by atoms with E-state index in [0.29, 0.717) is 11.7 Å². The Kier molecular flexibility index (Phi) is 4.51. The van der Waals surface area contributed by atoms with Gasteiger partial charge in [-0.15, -0.1) is 0 Å². The molecule has 0 bridgehead atoms. The largest absolute Gasteiger partial charge is 0.495 e. The van der Waals surface area contributed by atoms with Crippen LogP contribution in [-0.4, -0.2) is 57.4 Å². The average Bonchev–Trinajstić information content (AvgIpc) is 2.56. The number of anilines is 2. The van der Waals surface area contributed by atoms with E-state index in [1.807, 2.05) is 12.1 Å². The summed E-state index contributed by atoms with van der Waals surface area (Å²) in [4.78, 5) is 5.02. The highest BCUT2D eigenvalue weighted by atomic mass is 16.5. The minimum Gasteiger partial charge on any atom is -0.495 e. The van der Waals surface area contributed by atoms with Crippen molar-refractivity contribution in [2.75, 3.05) is 57.1 Å². The summed E-state index contributed by atoms with van der Waals surface area (Å²) >= 11 is 0. The zero-order valence-electron chi connectivity index (χ0n) is 12.8. The average molecular weight is 291 g/mol. The van der Waals surface area contributed by atoms with Crippen molar-refractivity contribution in [3.05, 3.63) is 18.2 Å². The van der Waals surface area contributed by atoms with E-state index in [1.165, 1.54) is 18.5 Å². The number of morpholine rings is 1. The molecule has 0 aliphatic carbocycles. The van der Waals surface area contributed by atoms with Crippen LogP contribution in [0.4, 0.5) is 11.4 Å². The van der Waals surface area contributed by atoms with Crippen molar-refractivity contribution in [1.82, 2.24) is 4.90 Å². The summed E-state index contributed by atoms with van der Waals surface area (Å²) in [5.74, 6) is 0.766. The molecule has 2 heterocycles. The molecule has 2 fully saturated rings. The van der Waals surface area contributed by atoms with Gasteiger partial charge in [0.25, 0.3) is 0 Å². The van der Waals surface area contributed by atoms with Gasteiger partial charge < -0.3 is 20.1 Å². The van der Waals surface area contributed by atoms with Crippen molar-refractivity contribution in [2.24, 2.45) is 0 Å². The first-order valence-electron chi connectivity index (χ1n) is 7.78. The summed E-state index contributed by atoms with van der Waals surface area (Å²) < 4.78 is 10.8. The Morgan fingerprint density at radius 1 is 1.14 bits per heavy atom. The Morgan fingerprint density at radius 2 is 1.86 bits per heavy atom. The second-order valence-corrected chi connectivity index (χ2v) is 5.79. The number of benzene rings is 1. The highest BCUT2D eigenvalue weighted by Gasteiger charge is 2.26. The molecule has 0 radical (unpaired) electrons. The van der Waals surface area contributed by atoms with E-state index in [4.69, 9.17) is 15.2 Å². The molecule has 2 saturated heterocycles. The topological polar surface area (TPSA) is 51.0 Å². The zero-order valence-corrected chi connectivity index (χ0v) is 12.8. The molecule has 0 atom stereocenters. The van der Waals surface area contributed by atoms with Crippen LogP contribution in [0.2, 0.25) is 0 Å². The van der Waals surface area contributed by atoms with E-state index in [9.17, 15) is 0 Å². The van der Waals surface area contributed by atoms with Gasteiger partial charge in [0, 0.05) is 44.0 Å². The minimum absolute atomic E-state index is 0.699. The van der Waals surface area contributed by atoms with E-state index in [2.05, 4.69) is 15.9 Å². The number of nitrogen functional groups attached to an aromatic ring is 1. The number of nitrogens with zero attached hydrogens (tertiary/aromatic N) is 2. The van der Waals surface area contributed by atoms with Gasteiger partial charge in [-0.3, -0.25) is 4.90 Å².